The molecule has 0 N–H and O–H groups in total. The average Bonchev–Trinajstić information content (AvgIpc) is 2.73. The number of hydrogen-bond donors (Lipinski definition) is 0. The molecule has 100 valence electrons. The van der Waals surface area contributed by atoms with Crippen LogP contribution in [0.3, 0.4) is 0 Å². The molecule has 7 heteroatoms. The van der Waals surface area contributed by atoms with Gasteiger partial charge in [-0.05, 0) is 20.2 Å². The average molecular weight is 262 g/mol. The van der Waals surface area contributed by atoms with Gasteiger partial charge in [0.25, 0.3) is 0 Å². The molecular formula is C12H14N4O3. The van der Waals surface area contributed by atoms with Crippen molar-refractivity contribution in [3.05, 3.63) is 40.1 Å². The first kappa shape index (κ1) is 13.2. The van der Waals surface area contributed by atoms with E-state index in [1.54, 1.807) is 24.3 Å². The second kappa shape index (κ2) is 5.15. The van der Waals surface area contributed by atoms with E-state index in [9.17, 15) is 14.9 Å². The van der Waals surface area contributed by atoms with Crippen molar-refractivity contribution >= 4 is 16.8 Å². The van der Waals surface area contributed by atoms with Crippen molar-refractivity contribution in [2.75, 3.05) is 20.6 Å². The summed E-state index contributed by atoms with van der Waals surface area (Å²) in [6.45, 7) is 1.07. The van der Waals surface area contributed by atoms with E-state index in [1.807, 2.05) is 19.0 Å². The maximum atomic E-state index is 11.7. The Morgan fingerprint density at radius 2 is 2.11 bits per heavy atom. The van der Waals surface area contributed by atoms with Crippen LogP contribution in [-0.2, 0) is 6.54 Å². The number of amides is 1. The Morgan fingerprint density at radius 3 is 2.74 bits per heavy atom. The van der Waals surface area contributed by atoms with Gasteiger partial charge in [-0.2, -0.15) is 5.10 Å². The first-order chi connectivity index (χ1) is 9.00. The molecule has 1 amide bonds. The van der Waals surface area contributed by atoms with E-state index in [0.29, 0.717) is 24.0 Å². The minimum Gasteiger partial charge on any atom is -0.308 e. The summed E-state index contributed by atoms with van der Waals surface area (Å²) in [4.78, 5) is 23.5. The largest absolute Gasteiger partial charge is 0.495 e. The summed E-state index contributed by atoms with van der Waals surface area (Å²) in [5.41, 5.74) is 0.633. The summed E-state index contributed by atoms with van der Waals surface area (Å²) < 4.78 is 1.41. The molecule has 0 aliphatic rings. The predicted octanol–water partition coefficient (Wildman–Crippen LogP) is 1.01. The zero-order valence-corrected chi connectivity index (χ0v) is 10.7. The molecule has 0 unspecified atom stereocenters. The van der Waals surface area contributed by atoms with Crippen LogP contribution in [0.15, 0.2) is 24.3 Å². The molecule has 2 aromatic rings. The number of carbonyl (C=O) groups is 1. The Balaban J connectivity index is 2.52. The molecule has 19 heavy (non-hydrogen) atoms. The summed E-state index contributed by atoms with van der Waals surface area (Å²) in [6, 6.07) is 6.92. The van der Waals surface area contributed by atoms with Crippen LogP contribution >= 0.6 is 0 Å². The highest BCUT2D eigenvalue weighted by molar-refractivity contribution is 6.01. The third-order valence-electron chi connectivity index (χ3n) is 2.77. The van der Waals surface area contributed by atoms with Gasteiger partial charge in [-0.1, -0.05) is 18.2 Å². The number of benzene rings is 1. The molecule has 0 fully saturated rings. The van der Waals surface area contributed by atoms with Gasteiger partial charge in [-0.25, -0.2) is 4.79 Å². The van der Waals surface area contributed by atoms with Crippen molar-refractivity contribution in [3.8, 4) is 0 Å². The second-order valence-corrected chi connectivity index (χ2v) is 4.45. The number of rotatable bonds is 4. The summed E-state index contributed by atoms with van der Waals surface area (Å²) in [5.74, 6) is -1.12. The lowest BCUT2D eigenvalue weighted by Crippen LogP contribution is -2.23. The molecule has 2 rings (SSSR count). The van der Waals surface area contributed by atoms with E-state index < -0.39 is 10.8 Å². The van der Waals surface area contributed by atoms with Crippen molar-refractivity contribution in [2.45, 2.75) is 6.54 Å². The standard InChI is InChI=1S/C12H14N4O3/c1-14(2)7-8-15-11(12(17)16(18)19)9-5-3-4-6-10(9)13-15/h3-6H,7-8H2,1-2H3. The Morgan fingerprint density at radius 1 is 1.42 bits per heavy atom. The molecule has 0 aliphatic heterocycles. The molecule has 1 aromatic heterocycles. The summed E-state index contributed by atoms with van der Waals surface area (Å²) >= 11 is 0. The number of fused-ring (bicyclic) bond motifs is 1. The fraction of sp³-hybridized carbons (Fsp3) is 0.333. The van der Waals surface area contributed by atoms with E-state index in [-0.39, 0.29) is 5.69 Å². The Kier molecular flexibility index (Phi) is 3.57. The Bertz CT molecular complexity index is 633. The normalized spacial score (nSPS) is 11.1. The molecule has 1 heterocycles. The van der Waals surface area contributed by atoms with Gasteiger partial charge < -0.3 is 4.90 Å². The van der Waals surface area contributed by atoms with Gasteiger partial charge in [0.1, 0.15) is 4.92 Å². The molecule has 0 radical (unpaired) electrons. The van der Waals surface area contributed by atoms with Gasteiger partial charge in [0.15, 0.2) is 5.69 Å². The number of nitrogens with zero attached hydrogens (tertiary/aromatic N) is 4. The quantitative estimate of drug-likeness (QED) is 0.607. The molecule has 0 aliphatic carbocycles. The minimum atomic E-state index is -1.12. The van der Waals surface area contributed by atoms with Crippen LogP contribution < -0.4 is 0 Å². The van der Waals surface area contributed by atoms with Gasteiger partial charge in [-0.3, -0.25) is 14.8 Å². The summed E-state index contributed by atoms with van der Waals surface area (Å²) in [7, 11) is 3.77. The fourth-order valence-electron chi connectivity index (χ4n) is 1.85. The highest BCUT2D eigenvalue weighted by Gasteiger charge is 2.27. The molecule has 0 atom stereocenters. The van der Waals surface area contributed by atoms with Crippen LogP contribution in [0.2, 0.25) is 0 Å². The molecule has 0 saturated heterocycles. The number of hydrogen-bond acceptors (Lipinski definition) is 5. The third kappa shape index (κ3) is 2.60. The molecule has 0 bridgehead atoms. The molecule has 0 saturated carbocycles. The molecule has 0 spiro atoms. The molecular weight excluding hydrogens is 248 g/mol. The van der Waals surface area contributed by atoms with Crippen molar-refractivity contribution in [1.29, 1.82) is 0 Å². The van der Waals surface area contributed by atoms with Gasteiger partial charge >= 0.3 is 5.91 Å². The Hall–Kier alpha value is -2.28. The van der Waals surface area contributed by atoms with E-state index in [1.165, 1.54) is 4.68 Å². The van der Waals surface area contributed by atoms with Crippen molar-refractivity contribution in [3.63, 3.8) is 0 Å². The van der Waals surface area contributed by atoms with Crippen LogP contribution in [-0.4, -0.2) is 46.2 Å². The van der Waals surface area contributed by atoms with E-state index in [2.05, 4.69) is 5.10 Å². The second-order valence-electron chi connectivity index (χ2n) is 4.45. The highest BCUT2D eigenvalue weighted by Crippen LogP contribution is 2.18. The topological polar surface area (TPSA) is 81.3 Å². The number of likely N-dealkylation sites (N-methyl/N-ethyl adjacent to an activating group) is 1. The van der Waals surface area contributed by atoms with Crippen LogP contribution in [0.1, 0.15) is 10.5 Å². The number of aromatic nitrogens is 2. The zero-order valence-electron chi connectivity index (χ0n) is 10.7. The Labute approximate surface area is 109 Å². The minimum absolute atomic E-state index is 0.0439. The van der Waals surface area contributed by atoms with E-state index in [0.717, 1.165) is 0 Å². The highest BCUT2D eigenvalue weighted by atomic mass is 16.6. The third-order valence-corrected chi connectivity index (χ3v) is 2.77. The van der Waals surface area contributed by atoms with Gasteiger partial charge in [-0.15, -0.1) is 0 Å². The van der Waals surface area contributed by atoms with Crippen LogP contribution in [0.4, 0.5) is 0 Å². The maximum Gasteiger partial charge on any atom is 0.495 e. The van der Waals surface area contributed by atoms with Crippen LogP contribution in [0, 0.1) is 10.1 Å². The SMILES string of the molecule is CN(C)CCn1nc2ccccc2c1C(=O)[N+](=O)[O-]. The first-order valence-electron chi connectivity index (χ1n) is 5.79. The zero-order chi connectivity index (χ0) is 14.0. The van der Waals surface area contributed by atoms with Crippen molar-refractivity contribution < 1.29 is 9.72 Å². The van der Waals surface area contributed by atoms with E-state index >= 15 is 0 Å². The van der Waals surface area contributed by atoms with E-state index in [4.69, 9.17) is 0 Å². The lowest BCUT2D eigenvalue weighted by molar-refractivity contribution is -0.375. The van der Waals surface area contributed by atoms with Gasteiger partial charge in [0.05, 0.1) is 12.1 Å². The van der Waals surface area contributed by atoms with Gasteiger partial charge in [0, 0.05) is 11.9 Å². The fourth-order valence-corrected chi connectivity index (χ4v) is 1.85. The van der Waals surface area contributed by atoms with Gasteiger partial charge in [0.2, 0.25) is 0 Å². The molecule has 7 nitrogen and oxygen atoms in total. The van der Waals surface area contributed by atoms with Crippen LogP contribution in [0.25, 0.3) is 10.9 Å². The maximum absolute atomic E-state index is 11.7. The first-order valence-corrected chi connectivity index (χ1v) is 5.79. The summed E-state index contributed by atoms with van der Waals surface area (Å²) in [5, 5.41) is 15.5. The number of nitro groups is 1. The van der Waals surface area contributed by atoms with Crippen molar-refractivity contribution in [1.82, 2.24) is 14.7 Å². The van der Waals surface area contributed by atoms with Crippen LogP contribution in [0.5, 0.6) is 0 Å². The van der Waals surface area contributed by atoms with Crippen molar-refractivity contribution in [2.24, 2.45) is 0 Å². The lowest BCUT2D eigenvalue weighted by atomic mass is 10.2. The summed E-state index contributed by atoms with van der Waals surface area (Å²) in [6.07, 6.45) is 0. The molecule has 1 aromatic carbocycles. The predicted molar refractivity (Wildman–Crippen MR) is 69.6 cm³/mol. The monoisotopic (exact) mass is 262 g/mol. The number of carbonyl (C=O) groups excluding carboxylic acids is 1. The lowest BCUT2D eigenvalue weighted by Gasteiger charge is -2.09. The smallest absolute Gasteiger partial charge is 0.308 e.